The second-order valence-electron chi connectivity index (χ2n) is 6.70. The topological polar surface area (TPSA) is 81.2 Å². The van der Waals surface area contributed by atoms with Crippen LogP contribution in [-0.2, 0) is 16.0 Å². The Morgan fingerprint density at radius 2 is 2.00 bits per heavy atom. The summed E-state index contributed by atoms with van der Waals surface area (Å²) in [6.07, 6.45) is 6.39. The van der Waals surface area contributed by atoms with Gasteiger partial charge >= 0.3 is 0 Å². The van der Waals surface area contributed by atoms with E-state index >= 15 is 0 Å². The summed E-state index contributed by atoms with van der Waals surface area (Å²) in [6, 6.07) is 10.0. The van der Waals surface area contributed by atoms with Gasteiger partial charge in [0.1, 0.15) is 0 Å². The highest BCUT2D eigenvalue weighted by Gasteiger charge is 2.31. The molecule has 2 unspecified atom stereocenters. The molecule has 1 aliphatic rings. The van der Waals surface area contributed by atoms with Crippen molar-refractivity contribution in [3.63, 3.8) is 0 Å². The molecule has 0 saturated carbocycles. The maximum atomic E-state index is 12.6. The Bertz CT molecular complexity index is 741. The number of likely N-dealkylation sites (tertiary alicyclic amines) is 1. The second-order valence-corrected chi connectivity index (χ2v) is 6.70. The van der Waals surface area contributed by atoms with Crippen molar-refractivity contribution in [2.24, 2.45) is 11.7 Å². The van der Waals surface area contributed by atoms with Crippen LogP contribution in [0.2, 0.25) is 0 Å². The number of carbonyl (C=O) groups is 2. The average Bonchev–Trinajstić information content (AvgIpc) is 3.09. The van der Waals surface area contributed by atoms with Crippen LogP contribution in [0.3, 0.4) is 0 Å². The zero-order chi connectivity index (χ0) is 17.8. The van der Waals surface area contributed by atoms with Crippen molar-refractivity contribution >= 4 is 11.8 Å². The van der Waals surface area contributed by atoms with Gasteiger partial charge in [-0.3, -0.25) is 9.59 Å². The van der Waals surface area contributed by atoms with Crippen molar-refractivity contribution < 1.29 is 9.59 Å². The molecule has 0 spiro atoms. The lowest BCUT2D eigenvalue weighted by Crippen LogP contribution is -2.48. The minimum Gasteiger partial charge on any atom is -0.369 e. The number of benzene rings is 1. The van der Waals surface area contributed by atoms with Gasteiger partial charge in [-0.15, -0.1) is 0 Å². The fourth-order valence-electron chi connectivity index (χ4n) is 3.29. The molecule has 0 aliphatic carbocycles. The number of hydrogen-bond acceptors (Lipinski definition) is 3. The highest BCUT2D eigenvalue weighted by Crippen LogP contribution is 2.22. The first kappa shape index (κ1) is 17.2. The molecule has 2 heterocycles. The summed E-state index contributed by atoms with van der Waals surface area (Å²) in [4.78, 5) is 25.8. The molecule has 1 aliphatic heterocycles. The van der Waals surface area contributed by atoms with E-state index in [0.717, 1.165) is 24.1 Å². The molecular weight excluding hydrogens is 316 g/mol. The Kier molecular flexibility index (Phi) is 5.16. The Hall–Kier alpha value is -2.63. The fraction of sp³-hybridized carbons (Fsp3) is 0.421. The summed E-state index contributed by atoms with van der Waals surface area (Å²) in [6.45, 7) is 2.47. The van der Waals surface area contributed by atoms with Gasteiger partial charge in [0.05, 0.1) is 17.8 Å². The normalized spacial score (nSPS) is 20.4. The standard InChI is InChI=1S/C19H24N4O2/c1-14-7-9-16(19(20)25)13-22(14)18(24)10-8-15-11-21-23(12-15)17-5-3-2-4-6-17/h2-6,11-12,14,16H,7-10,13H2,1H3,(H2,20,25). The zero-order valence-electron chi connectivity index (χ0n) is 14.5. The second kappa shape index (κ2) is 7.51. The van der Waals surface area contributed by atoms with Gasteiger partial charge in [0.25, 0.3) is 0 Å². The van der Waals surface area contributed by atoms with Crippen molar-refractivity contribution in [2.75, 3.05) is 6.54 Å². The van der Waals surface area contributed by atoms with Gasteiger partial charge in [-0.05, 0) is 43.9 Å². The average molecular weight is 340 g/mol. The molecule has 2 atom stereocenters. The monoisotopic (exact) mass is 340 g/mol. The van der Waals surface area contributed by atoms with Crippen LogP contribution in [0.4, 0.5) is 0 Å². The molecule has 1 aromatic heterocycles. The van der Waals surface area contributed by atoms with E-state index in [1.807, 2.05) is 48.1 Å². The predicted molar refractivity (Wildman–Crippen MR) is 95.0 cm³/mol. The van der Waals surface area contributed by atoms with Crippen molar-refractivity contribution in [1.29, 1.82) is 0 Å². The fourth-order valence-corrected chi connectivity index (χ4v) is 3.29. The SMILES string of the molecule is CC1CCC(C(N)=O)CN1C(=O)CCc1cnn(-c2ccccc2)c1. The van der Waals surface area contributed by atoms with E-state index < -0.39 is 0 Å². The molecule has 0 bridgehead atoms. The molecule has 2 amide bonds. The Morgan fingerprint density at radius 3 is 2.72 bits per heavy atom. The molecule has 1 aromatic carbocycles. The van der Waals surface area contributed by atoms with E-state index in [4.69, 9.17) is 5.73 Å². The summed E-state index contributed by atoms with van der Waals surface area (Å²) in [7, 11) is 0. The van der Waals surface area contributed by atoms with Crippen LogP contribution >= 0.6 is 0 Å². The van der Waals surface area contributed by atoms with Gasteiger partial charge in [0.15, 0.2) is 0 Å². The quantitative estimate of drug-likeness (QED) is 0.903. The maximum Gasteiger partial charge on any atom is 0.223 e. The Balaban J connectivity index is 1.59. The molecule has 2 aromatic rings. The number of para-hydroxylation sites is 1. The molecule has 1 fully saturated rings. The third kappa shape index (κ3) is 4.07. The van der Waals surface area contributed by atoms with Gasteiger partial charge in [0, 0.05) is 25.2 Å². The van der Waals surface area contributed by atoms with Gasteiger partial charge in [0.2, 0.25) is 11.8 Å². The highest BCUT2D eigenvalue weighted by atomic mass is 16.2. The maximum absolute atomic E-state index is 12.6. The lowest BCUT2D eigenvalue weighted by Gasteiger charge is -2.37. The van der Waals surface area contributed by atoms with E-state index in [1.165, 1.54) is 0 Å². The van der Waals surface area contributed by atoms with Crippen LogP contribution in [0.5, 0.6) is 0 Å². The summed E-state index contributed by atoms with van der Waals surface area (Å²) in [5.74, 6) is -0.458. The van der Waals surface area contributed by atoms with E-state index in [1.54, 1.807) is 11.1 Å². The number of aromatic nitrogens is 2. The van der Waals surface area contributed by atoms with Crippen LogP contribution < -0.4 is 5.73 Å². The molecular formula is C19H24N4O2. The largest absolute Gasteiger partial charge is 0.369 e. The van der Waals surface area contributed by atoms with Crippen LogP contribution in [0.1, 0.15) is 31.7 Å². The summed E-state index contributed by atoms with van der Waals surface area (Å²) in [5, 5.41) is 4.36. The molecule has 6 nitrogen and oxygen atoms in total. The van der Waals surface area contributed by atoms with Gasteiger partial charge in [-0.2, -0.15) is 5.10 Å². The first-order chi connectivity index (χ1) is 12.0. The molecule has 132 valence electrons. The van der Waals surface area contributed by atoms with E-state index in [9.17, 15) is 9.59 Å². The highest BCUT2D eigenvalue weighted by molar-refractivity contribution is 5.80. The molecule has 6 heteroatoms. The number of nitrogens with two attached hydrogens (primary N) is 1. The molecule has 0 radical (unpaired) electrons. The van der Waals surface area contributed by atoms with E-state index in [0.29, 0.717) is 19.4 Å². The first-order valence-corrected chi connectivity index (χ1v) is 8.72. The van der Waals surface area contributed by atoms with Crippen molar-refractivity contribution in [1.82, 2.24) is 14.7 Å². The van der Waals surface area contributed by atoms with Gasteiger partial charge < -0.3 is 10.6 Å². The summed E-state index contributed by atoms with van der Waals surface area (Å²) < 4.78 is 1.81. The van der Waals surface area contributed by atoms with Crippen molar-refractivity contribution in [3.8, 4) is 5.69 Å². The number of rotatable bonds is 5. The number of piperidine rings is 1. The Labute approximate surface area is 147 Å². The first-order valence-electron chi connectivity index (χ1n) is 8.72. The van der Waals surface area contributed by atoms with Crippen LogP contribution in [0.15, 0.2) is 42.7 Å². The van der Waals surface area contributed by atoms with Gasteiger partial charge in [-0.25, -0.2) is 4.68 Å². The van der Waals surface area contributed by atoms with Crippen molar-refractivity contribution in [2.45, 2.75) is 38.6 Å². The molecule has 2 N–H and O–H groups in total. The summed E-state index contributed by atoms with van der Waals surface area (Å²) in [5.41, 5.74) is 7.43. The van der Waals surface area contributed by atoms with Crippen LogP contribution in [0, 0.1) is 5.92 Å². The van der Waals surface area contributed by atoms with Crippen molar-refractivity contribution in [3.05, 3.63) is 48.3 Å². The molecule has 1 saturated heterocycles. The Morgan fingerprint density at radius 1 is 1.24 bits per heavy atom. The number of nitrogens with zero attached hydrogens (tertiary/aromatic N) is 3. The smallest absolute Gasteiger partial charge is 0.223 e. The van der Waals surface area contributed by atoms with E-state index in [2.05, 4.69) is 5.10 Å². The zero-order valence-corrected chi connectivity index (χ0v) is 14.5. The summed E-state index contributed by atoms with van der Waals surface area (Å²) >= 11 is 0. The number of hydrogen-bond donors (Lipinski definition) is 1. The molecule has 25 heavy (non-hydrogen) atoms. The van der Waals surface area contributed by atoms with E-state index in [-0.39, 0.29) is 23.8 Å². The minimum atomic E-state index is -0.311. The van der Waals surface area contributed by atoms with Crippen LogP contribution in [0.25, 0.3) is 5.69 Å². The minimum absolute atomic E-state index is 0.0749. The lowest BCUT2D eigenvalue weighted by atomic mass is 9.92. The van der Waals surface area contributed by atoms with Crippen LogP contribution in [-0.4, -0.2) is 39.1 Å². The number of amides is 2. The number of primary amides is 1. The number of aryl methyl sites for hydroxylation is 1. The van der Waals surface area contributed by atoms with Gasteiger partial charge in [-0.1, -0.05) is 18.2 Å². The number of carbonyl (C=O) groups excluding carboxylic acids is 2. The molecule has 3 rings (SSSR count). The lowest BCUT2D eigenvalue weighted by molar-refractivity contribution is -0.137. The third-order valence-corrected chi connectivity index (χ3v) is 4.89. The predicted octanol–water partition coefficient (Wildman–Crippen LogP) is 1.92. The third-order valence-electron chi connectivity index (χ3n) is 4.89.